The molecule has 1 fully saturated rings. The first-order valence-corrected chi connectivity index (χ1v) is 13.1. The topological polar surface area (TPSA) is 45.5 Å². The van der Waals surface area contributed by atoms with Gasteiger partial charge in [0.1, 0.15) is 12.3 Å². The maximum Gasteiger partial charge on any atom is 0.517 e. The normalized spacial score (nSPS) is 19.4. The molecule has 0 spiro atoms. The predicted molar refractivity (Wildman–Crippen MR) is 110 cm³/mol. The third-order valence-electron chi connectivity index (χ3n) is 5.37. The Bertz CT molecular complexity index is 767. The number of hydrogen-bond acceptors (Lipinski definition) is 4. The molecule has 0 bridgehead atoms. The molecule has 1 aliphatic rings. The first kappa shape index (κ1) is 19.6. The van der Waals surface area contributed by atoms with Crippen LogP contribution < -0.4 is 5.59 Å². The number of ether oxygens (including phenoxy) is 1. The lowest BCUT2D eigenvalue weighted by Gasteiger charge is -2.32. The van der Waals surface area contributed by atoms with Crippen LogP contribution in [0.2, 0.25) is 25.7 Å². The summed E-state index contributed by atoms with van der Waals surface area (Å²) in [7, 11) is -1.56. The molecule has 2 heterocycles. The minimum Gasteiger partial charge on any atom is -0.398 e. The van der Waals surface area contributed by atoms with Crippen LogP contribution in [0, 0.1) is 0 Å². The van der Waals surface area contributed by atoms with Crippen molar-refractivity contribution < 1.29 is 14.0 Å². The predicted octanol–water partition coefficient (Wildman–Crippen LogP) is 3.65. The van der Waals surface area contributed by atoms with Gasteiger partial charge in [0, 0.05) is 20.1 Å². The highest BCUT2D eigenvalue weighted by Crippen LogP contribution is 2.36. The molecule has 26 heavy (non-hydrogen) atoms. The van der Waals surface area contributed by atoms with Crippen molar-refractivity contribution in [2.75, 3.05) is 6.61 Å². The van der Waals surface area contributed by atoms with E-state index in [2.05, 4.69) is 59.5 Å². The van der Waals surface area contributed by atoms with E-state index in [1.807, 2.05) is 16.8 Å². The van der Waals surface area contributed by atoms with Gasteiger partial charge in [-0.15, -0.1) is 0 Å². The second-order valence-corrected chi connectivity index (χ2v) is 15.0. The Morgan fingerprint density at radius 1 is 1.08 bits per heavy atom. The summed E-state index contributed by atoms with van der Waals surface area (Å²) >= 11 is 0. The fourth-order valence-electron chi connectivity index (χ4n) is 2.91. The Kier molecular flexibility index (Phi) is 5.12. The molecule has 0 atom stereocenters. The first-order valence-electron chi connectivity index (χ1n) is 9.39. The van der Waals surface area contributed by atoms with Gasteiger partial charge in [-0.05, 0) is 39.8 Å². The highest BCUT2D eigenvalue weighted by atomic mass is 28.3. The Hall–Kier alpha value is -1.15. The SMILES string of the molecule is CC1(C)OB(c2nn(COCC[Si](C)(C)C)c3ccccc23)OC1(C)C. The molecule has 0 amide bonds. The summed E-state index contributed by atoms with van der Waals surface area (Å²) in [4.78, 5) is 0. The van der Waals surface area contributed by atoms with Gasteiger partial charge in [-0.3, -0.25) is 0 Å². The van der Waals surface area contributed by atoms with E-state index in [4.69, 9.17) is 19.1 Å². The van der Waals surface area contributed by atoms with Crippen molar-refractivity contribution in [1.29, 1.82) is 0 Å². The van der Waals surface area contributed by atoms with Crippen molar-refractivity contribution in [1.82, 2.24) is 9.78 Å². The fraction of sp³-hybridized carbons (Fsp3) is 0.632. The molecule has 7 heteroatoms. The summed E-state index contributed by atoms with van der Waals surface area (Å²) in [6.45, 7) is 16.5. The van der Waals surface area contributed by atoms with Crippen LogP contribution in [0.3, 0.4) is 0 Å². The van der Waals surface area contributed by atoms with E-state index in [0.29, 0.717) is 6.73 Å². The zero-order chi connectivity index (χ0) is 19.2. The summed E-state index contributed by atoms with van der Waals surface area (Å²) in [5.41, 5.74) is 1.12. The molecule has 1 aromatic heterocycles. The molecule has 0 radical (unpaired) electrons. The molecule has 0 unspecified atom stereocenters. The van der Waals surface area contributed by atoms with Gasteiger partial charge in [0.25, 0.3) is 0 Å². The van der Waals surface area contributed by atoms with Gasteiger partial charge in [0.2, 0.25) is 0 Å². The number of nitrogens with zero attached hydrogens (tertiary/aromatic N) is 2. The Labute approximate surface area is 158 Å². The molecule has 0 aliphatic carbocycles. The van der Waals surface area contributed by atoms with Crippen LogP contribution in [0.1, 0.15) is 27.7 Å². The average Bonchev–Trinajstić information content (AvgIpc) is 2.98. The van der Waals surface area contributed by atoms with Gasteiger partial charge in [-0.1, -0.05) is 37.8 Å². The van der Waals surface area contributed by atoms with E-state index in [-0.39, 0.29) is 11.2 Å². The number of benzene rings is 1. The molecule has 0 N–H and O–H groups in total. The Morgan fingerprint density at radius 3 is 2.31 bits per heavy atom. The van der Waals surface area contributed by atoms with E-state index >= 15 is 0 Å². The lowest BCUT2D eigenvalue weighted by molar-refractivity contribution is 0.00578. The third-order valence-corrected chi connectivity index (χ3v) is 7.08. The minimum absolute atomic E-state index is 0.379. The standard InChI is InChI=1S/C19H31BN2O3Si/c1-18(2)19(3,4)25-20(24-18)17-15-10-8-9-11-16(15)22(21-17)14-23-12-13-26(5,6)7/h8-11H,12-14H2,1-7H3. The van der Waals surface area contributed by atoms with Crippen LogP contribution in [-0.2, 0) is 20.8 Å². The average molecular weight is 374 g/mol. The van der Waals surface area contributed by atoms with Crippen LogP contribution in [0.25, 0.3) is 10.9 Å². The van der Waals surface area contributed by atoms with Crippen molar-refractivity contribution in [3.8, 4) is 0 Å². The van der Waals surface area contributed by atoms with Crippen molar-refractivity contribution in [2.45, 2.75) is 71.3 Å². The number of para-hydroxylation sites is 1. The summed E-state index contributed by atoms with van der Waals surface area (Å²) in [6.07, 6.45) is 0. The van der Waals surface area contributed by atoms with Crippen molar-refractivity contribution in [2.24, 2.45) is 0 Å². The van der Waals surface area contributed by atoms with Gasteiger partial charge in [-0.25, -0.2) is 4.68 Å². The maximum absolute atomic E-state index is 6.21. The first-order chi connectivity index (χ1) is 12.0. The van der Waals surface area contributed by atoms with Crippen LogP contribution in [-0.4, -0.2) is 42.8 Å². The monoisotopic (exact) mass is 374 g/mol. The molecule has 0 saturated carbocycles. The van der Waals surface area contributed by atoms with Gasteiger partial charge >= 0.3 is 7.12 Å². The highest BCUT2D eigenvalue weighted by molar-refractivity contribution is 6.76. The third kappa shape index (κ3) is 3.91. The van der Waals surface area contributed by atoms with Crippen molar-refractivity contribution in [3.63, 3.8) is 0 Å². The van der Waals surface area contributed by atoms with Crippen molar-refractivity contribution >= 4 is 31.7 Å². The fourth-order valence-corrected chi connectivity index (χ4v) is 3.67. The zero-order valence-electron chi connectivity index (χ0n) is 17.1. The molecule has 1 aliphatic heterocycles. The molecule has 3 rings (SSSR count). The second kappa shape index (κ2) is 6.78. The van der Waals surface area contributed by atoms with E-state index in [0.717, 1.165) is 29.1 Å². The van der Waals surface area contributed by atoms with Gasteiger partial charge in [0.15, 0.2) is 0 Å². The molecule has 1 aromatic carbocycles. The van der Waals surface area contributed by atoms with Crippen LogP contribution in [0.4, 0.5) is 0 Å². The zero-order valence-corrected chi connectivity index (χ0v) is 18.1. The smallest absolute Gasteiger partial charge is 0.398 e. The maximum atomic E-state index is 6.21. The van der Waals surface area contributed by atoms with Crippen LogP contribution in [0.5, 0.6) is 0 Å². The second-order valence-electron chi connectivity index (χ2n) is 9.34. The van der Waals surface area contributed by atoms with Crippen LogP contribution in [0.15, 0.2) is 24.3 Å². The number of hydrogen-bond donors (Lipinski definition) is 0. The molecule has 5 nitrogen and oxygen atoms in total. The lowest BCUT2D eigenvalue weighted by atomic mass is 9.82. The Balaban J connectivity index is 1.82. The summed E-state index contributed by atoms with van der Waals surface area (Å²) < 4.78 is 20.2. The van der Waals surface area contributed by atoms with Gasteiger partial charge in [-0.2, -0.15) is 5.10 Å². The van der Waals surface area contributed by atoms with Gasteiger partial charge in [0.05, 0.1) is 16.7 Å². The van der Waals surface area contributed by atoms with Crippen LogP contribution >= 0.6 is 0 Å². The Morgan fingerprint density at radius 2 is 1.69 bits per heavy atom. The molecular weight excluding hydrogens is 343 g/mol. The highest BCUT2D eigenvalue weighted by Gasteiger charge is 2.53. The summed E-state index contributed by atoms with van der Waals surface area (Å²) in [5.74, 6) is 0. The molecule has 2 aromatic rings. The molecule has 142 valence electrons. The number of fused-ring (bicyclic) bond motifs is 1. The summed E-state index contributed by atoms with van der Waals surface area (Å²) in [6, 6.07) is 9.34. The van der Waals surface area contributed by atoms with Gasteiger partial charge < -0.3 is 14.0 Å². The largest absolute Gasteiger partial charge is 0.517 e. The quantitative estimate of drug-likeness (QED) is 0.572. The molecular formula is C19H31BN2O3Si. The molecule has 1 saturated heterocycles. The number of aromatic nitrogens is 2. The lowest BCUT2D eigenvalue weighted by Crippen LogP contribution is -2.41. The van der Waals surface area contributed by atoms with E-state index in [9.17, 15) is 0 Å². The van der Waals surface area contributed by atoms with E-state index < -0.39 is 15.2 Å². The van der Waals surface area contributed by atoms with E-state index in [1.165, 1.54) is 0 Å². The summed E-state index contributed by atoms with van der Waals surface area (Å²) in [5, 5.41) is 5.84. The van der Waals surface area contributed by atoms with Crippen molar-refractivity contribution in [3.05, 3.63) is 24.3 Å². The van der Waals surface area contributed by atoms with E-state index in [1.54, 1.807) is 0 Å². The number of rotatable bonds is 6. The minimum atomic E-state index is -1.09.